The van der Waals surface area contributed by atoms with Crippen molar-refractivity contribution in [2.45, 2.75) is 45.4 Å². The Hall–Kier alpha value is -1.51. The summed E-state index contributed by atoms with van der Waals surface area (Å²) in [6, 6.07) is 5.70. The molecule has 0 saturated heterocycles. The highest BCUT2D eigenvalue weighted by Crippen LogP contribution is 2.24. The zero-order chi connectivity index (χ0) is 14.4. The van der Waals surface area contributed by atoms with Crippen LogP contribution in [0.15, 0.2) is 18.2 Å². The number of carbonyl (C=O) groups excluding carboxylic acids is 1. The molecule has 1 saturated carbocycles. The Labute approximate surface area is 121 Å². The van der Waals surface area contributed by atoms with E-state index in [1.165, 1.54) is 45.6 Å². The maximum absolute atomic E-state index is 11.5. The zero-order valence-corrected chi connectivity index (χ0v) is 12.6. The molecule has 0 unspecified atom stereocenters. The number of benzene rings is 1. The Bertz CT molecular complexity index is 448. The second-order valence-corrected chi connectivity index (χ2v) is 5.76. The van der Waals surface area contributed by atoms with Crippen LogP contribution in [0.25, 0.3) is 0 Å². The first-order valence-electron chi connectivity index (χ1n) is 7.63. The average Bonchev–Trinajstić information content (AvgIpc) is 2.73. The number of hydrogen-bond donors (Lipinski definition) is 1. The summed E-state index contributed by atoms with van der Waals surface area (Å²) < 4.78 is 4.74. The van der Waals surface area contributed by atoms with E-state index >= 15 is 0 Å². The summed E-state index contributed by atoms with van der Waals surface area (Å²) in [5.41, 5.74) is 2.84. The summed E-state index contributed by atoms with van der Waals surface area (Å²) in [5.74, 6) is 0.514. The molecule has 110 valence electrons. The highest BCUT2D eigenvalue weighted by Gasteiger charge is 2.13. The van der Waals surface area contributed by atoms with Crippen molar-refractivity contribution in [3.63, 3.8) is 0 Å². The first kappa shape index (κ1) is 14.9. The Morgan fingerprint density at radius 3 is 2.55 bits per heavy atom. The van der Waals surface area contributed by atoms with Crippen LogP contribution in [0.1, 0.15) is 54.4 Å². The third-order valence-electron chi connectivity index (χ3n) is 4.20. The third kappa shape index (κ3) is 3.99. The van der Waals surface area contributed by atoms with Gasteiger partial charge in [0.05, 0.1) is 12.7 Å². The SMILES string of the molecule is COC(=O)c1ccc(NCC2CCCCCC2)c(C)c1. The van der Waals surface area contributed by atoms with Gasteiger partial charge < -0.3 is 10.1 Å². The van der Waals surface area contributed by atoms with Crippen molar-refractivity contribution in [2.24, 2.45) is 5.92 Å². The van der Waals surface area contributed by atoms with Crippen molar-refractivity contribution in [1.29, 1.82) is 0 Å². The van der Waals surface area contributed by atoms with E-state index in [0.717, 1.165) is 23.7 Å². The van der Waals surface area contributed by atoms with Gasteiger partial charge in [-0.1, -0.05) is 25.7 Å². The molecule has 0 radical (unpaired) electrons. The minimum atomic E-state index is -0.275. The number of esters is 1. The monoisotopic (exact) mass is 275 g/mol. The van der Waals surface area contributed by atoms with Crippen molar-refractivity contribution in [2.75, 3.05) is 19.0 Å². The van der Waals surface area contributed by atoms with Crippen LogP contribution in [0.5, 0.6) is 0 Å². The fourth-order valence-electron chi connectivity index (χ4n) is 2.93. The molecule has 20 heavy (non-hydrogen) atoms. The number of carbonyl (C=O) groups is 1. The topological polar surface area (TPSA) is 38.3 Å². The molecule has 1 N–H and O–H groups in total. The van der Waals surface area contributed by atoms with E-state index in [1.807, 2.05) is 25.1 Å². The molecular weight excluding hydrogens is 250 g/mol. The van der Waals surface area contributed by atoms with Crippen LogP contribution in [-0.4, -0.2) is 19.6 Å². The van der Waals surface area contributed by atoms with E-state index in [9.17, 15) is 4.79 Å². The van der Waals surface area contributed by atoms with Gasteiger partial charge in [-0.25, -0.2) is 4.79 Å². The van der Waals surface area contributed by atoms with E-state index in [0.29, 0.717) is 5.56 Å². The first-order valence-corrected chi connectivity index (χ1v) is 7.63. The van der Waals surface area contributed by atoms with Gasteiger partial charge in [0.25, 0.3) is 0 Å². The Kier molecular flexibility index (Phi) is 5.45. The van der Waals surface area contributed by atoms with Crippen LogP contribution < -0.4 is 5.32 Å². The highest BCUT2D eigenvalue weighted by atomic mass is 16.5. The van der Waals surface area contributed by atoms with Gasteiger partial charge in [-0.3, -0.25) is 0 Å². The van der Waals surface area contributed by atoms with Crippen molar-refractivity contribution >= 4 is 11.7 Å². The molecule has 1 aliphatic rings. The van der Waals surface area contributed by atoms with Crippen LogP contribution >= 0.6 is 0 Å². The number of methoxy groups -OCH3 is 1. The number of nitrogens with one attached hydrogen (secondary N) is 1. The minimum absolute atomic E-state index is 0.275. The van der Waals surface area contributed by atoms with Gasteiger partial charge in [-0.05, 0) is 49.4 Å². The minimum Gasteiger partial charge on any atom is -0.465 e. The molecule has 1 fully saturated rings. The molecule has 0 bridgehead atoms. The summed E-state index contributed by atoms with van der Waals surface area (Å²) in [4.78, 5) is 11.5. The number of hydrogen-bond acceptors (Lipinski definition) is 3. The molecule has 1 aromatic rings. The second-order valence-electron chi connectivity index (χ2n) is 5.76. The lowest BCUT2D eigenvalue weighted by molar-refractivity contribution is 0.0600. The smallest absolute Gasteiger partial charge is 0.337 e. The Morgan fingerprint density at radius 2 is 1.95 bits per heavy atom. The van der Waals surface area contributed by atoms with Crippen LogP contribution in [0.2, 0.25) is 0 Å². The lowest BCUT2D eigenvalue weighted by Gasteiger charge is -2.17. The van der Waals surface area contributed by atoms with Gasteiger partial charge in [0.15, 0.2) is 0 Å². The molecule has 3 heteroatoms. The summed E-state index contributed by atoms with van der Waals surface area (Å²) in [5, 5.41) is 3.54. The van der Waals surface area contributed by atoms with Gasteiger partial charge in [0, 0.05) is 12.2 Å². The van der Waals surface area contributed by atoms with Gasteiger partial charge in [0.2, 0.25) is 0 Å². The highest BCUT2D eigenvalue weighted by molar-refractivity contribution is 5.90. The molecule has 0 amide bonds. The summed E-state index contributed by atoms with van der Waals surface area (Å²) in [6.07, 6.45) is 8.20. The number of aryl methyl sites for hydroxylation is 1. The number of rotatable bonds is 4. The molecule has 1 aliphatic carbocycles. The van der Waals surface area contributed by atoms with Gasteiger partial charge in [-0.2, -0.15) is 0 Å². The molecule has 0 aromatic heterocycles. The molecule has 0 spiro atoms. The fraction of sp³-hybridized carbons (Fsp3) is 0.588. The molecule has 0 aliphatic heterocycles. The summed E-state index contributed by atoms with van der Waals surface area (Å²) in [6.45, 7) is 3.07. The van der Waals surface area contributed by atoms with Crippen LogP contribution in [0.3, 0.4) is 0 Å². The van der Waals surface area contributed by atoms with E-state index < -0.39 is 0 Å². The van der Waals surface area contributed by atoms with Crippen molar-refractivity contribution in [1.82, 2.24) is 0 Å². The van der Waals surface area contributed by atoms with Crippen molar-refractivity contribution in [3.8, 4) is 0 Å². The maximum Gasteiger partial charge on any atom is 0.337 e. The lowest BCUT2D eigenvalue weighted by Crippen LogP contribution is -2.14. The molecule has 0 heterocycles. The van der Waals surface area contributed by atoms with E-state index in [4.69, 9.17) is 4.74 Å². The fourth-order valence-corrected chi connectivity index (χ4v) is 2.93. The predicted octanol–water partition coefficient (Wildman–Crippen LogP) is 4.16. The van der Waals surface area contributed by atoms with Gasteiger partial charge in [0.1, 0.15) is 0 Å². The van der Waals surface area contributed by atoms with E-state index in [2.05, 4.69) is 5.32 Å². The standard InChI is InChI=1S/C17H25NO2/c1-13-11-15(17(19)20-2)9-10-16(13)18-12-14-7-5-3-4-6-8-14/h9-11,14,18H,3-8,12H2,1-2H3. The van der Waals surface area contributed by atoms with Crippen LogP contribution in [-0.2, 0) is 4.74 Å². The van der Waals surface area contributed by atoms with Gasteiger partial charge in [-0.15, -0.1) is 0 Å². The van der Waals surface area contributed by atoms with Crippen molar-refractivity contribution < 1.29 is 9.53 Å². The molecule has 2 rings (SSSR count). The normalized spacial score (nSPS) is 16.5. The molecule has 3 nitrogen and oxygen atoms in total. The lowest BCUT2D eigenvalue weighted by atomic mass is 10.00. The Balaban J connectivity index is 1.93. The largest absolute Gasteiger partial charge is 0.465 e. The molecule has 0 atom stereocenters. The number of anilines is 1. The quantitative estimate of drug-likeness (QED) is 0.662. The van der Waals surface area contributed by atoms with Crippen LogP contribution in [0.4, 0.5) is 5.69 Å². The Morgan fingerprint density at radius 1 is 1.25 bits per heavy atom. The maximum atomic E-state index is 11.5. The van der Waals surface area contributed by atoms with Gasteiger partial charge >= 0.3 is 5.97 Å². The van der Waals surface area contributed by atoms with E-state index in [-0.39, 0.29) is 5.97 Å². The predicted molar refractivity (Wildman–Crippen MR) is 82.2 cm³/mol. The first-order chi connectivity index (χ1) is 9.70. The average molecular weight is 275 g/mol. The zero-order valence-electron chi connectivity index (χ0n) is 12.6. The molecular formula is C17H25NO2. The third-order valence-corrected chi connectivity index (χ3v) is 4.20. The van der Waals surface area contributed by atoms with Crippen LogP contribution in [0, 0.1) is 12.8 Å². The van der Waals surface area contributed by atoms with E-state index in [1.54, 1.807) is 0 Å². The number of ether oxygens (including phenoxy) is 1. The summed E-state index contributed by atoms with van der Waals surface area (Å²) >= 11 is 0. The second kappa shape index (κ2) is 7.32. The van der Waals surface area contributed by atoms with Crippen molar-refractivity contribution in [3.05, 3.63) is 29.3 Å². The molecule has 1 aromatic carbocycles. The summed E-state index contributed by atoms with van der Waals surface area (Å²) in [7, 11) is 1.41.